The van der Waals surface area contributed by atoms with E-state index < -0.39 is 0 Å². The highest BCUT2D eigenvalue weighted by Gasteiger charge is 2.18. The van der Waals surface area contributed by atoms with Crippen molar-refractivity contribution in [3.8, 4) is 0 Å². The van der Waals surface area contributed by atoms with Crippen molar-refractivity contribution in [2.45, 2.75) is 44.5 Å². The maximum atomic E-state index is 5.58. The minimum atomic E-state index is -0.195. The highest BCUT2D eigenvalue weighted by atomic mass is 32.1. The second-order valence-corrected chi connectivity index (χ2v) is 5.59. The predicted octanol–water partition coefficient (Wildman–Crippen LogP) is 1.84. The number of thiol groups is 1. The summed E-state index contributed by atoms with van der Waals surface area (Å²) in [4.78, 5) is 0. The van der Waals surface area contributed by atoms with E-state index in [9.17, 15) is 0 Å². The molecule has 0 amide bonds. The molecule has 0 aromatic rings. The summed E-state index contributed by atoms with van der Waals surface area (Å²) in [5.41, 5.74) is 5.32. The quantitative estimate of drug-likeness (QED) is 0.650. The molecule has 0 bridgehead atoms. The number of nitrogens with two attached hydrogens (primary N) is 1. The Morgan fingerprint density at radius 1 is 1.25 bits per heavy atom. The molecule has 0 saturated heterocycles. The standard InChI is InChI=1S/C9H21NOS/c1-8(2,7-10)11-6-5-9(3,4)12/h12H,5-7,10H2,1-4H3. The molecule has 0 heterocycles. The fourth-order valence-electron chi connectivity index (χ4n) is 0.636. The number of hydrogen-bond donors (Lipinski definition) is 2. The van der Waals surface area contributed by atoms with Gasteiger partial charge in [0.2, 0.25) is 0 Å². The lowest BCUT2D eigenvalue weighted by molar-refractivity contribution is -0.0135. The van der Waals surface area contributed by atoms with Crippen molar-refractivity contribution in [3.05, 3.63) is 0 Å². The van der Waals surface area contributed by atoms with Crippen LogP contribution in [-0.4, -0.2) is 23.5 Å². The lowest BCUT2D eigenvalue weighted by Crippen LogP contribution is -2.35. The van der Waals surface area contributed by atoms with Gasteiger partial charge in [-0.25, -0.2) is 0 Å². The van der Waals surface area contributed by atoms with E-state index in [1.807, 2.05) is 13.8 Å². The normalized spacial score (nSPS) is 13.5. The van der Waals surface area contributed by atoms with Gasteiger partial charge in [0, 0.05) is 17.9 Å². The van der Waals surface area contributed by atoms with Crippen molar-refractivity contribution in [3.63, 3.8) is 0 Å². The average molecular weight is 191 g/mol. The van der Waals surface area contributed by atoms with E-state index in [4.69, 9.17) is 10.5 Å². The highest BCUT2D eigenvalue weighted by molar-refractivity contribution is 7.81. The zero-order valence-electron chi connectivity index (χ0n) is 8.55. The van der Waals surface area contributed by atoms with Gasteiger partial charge in [0.1, 0.15) is 0 Å². The molecule has 12 heavy (non-hydrogen) atoms. The molecule has 0 unspecified atom stereocenters. The van der Waals surface area contributed by atoms with Crippen LogP contribution in [0.25, 0.3) is 0 Å². The summed E-state index contributed by atoms with van der Waals surface area (Å²) in [7, 11) is 0. The minimum absolute atomic E-state index is 0.0463. The van der Waals surface area contributed by atoms with E-state index >= 15 is 0 Å². The maximum Gasteiger partial charge on any atom is 0.0748 e. The third-order valence-corrected chi connectivity index (χ3v) is 1.92. The summed E-state index contributed by atoms with van der Waals surface area (Å²) >= 11 is 4.40. The van der Waals surface area contributed by atoms with E-state index in [2.05, 4.69) is 26.5 Å². The van der Waals surface area contributed by atoms with Crippen LogP contribution in [0.5, 0.6) is 0 Å². The zero-order chi connectivity index (χ0) is 9.83. The molecule has 0 aliphatic heterocycles. The third kappa shape index (κ3) is 6.95. The molecule has 0 aliphatic carbocycles. The van der Waals surface area contributed by atoms with Gasteiger partial charge >= 0.3 is 0 Å². The molecular formula is C9H21NOS. The lowest BCUT2D eigenvalue weighted by atomic mass is 10.1. The first-order valence-corrected chi connectivity index (χ1v) is 4.78. The molecule has 0 aromatic heterocycles. The first-order valence-electron chi connectivity index (χ1n) is 4.33. The van der Waals surface area contributed by atoms with Crippen molar-refractivity contribution >= 4 is 12.6 Å². The van der Waals surface area contributed by atoms with Gasteiger partial charge in [0.25, 0.3) is 0 Å². The number of hydrogen-bond acceptors (Lipinski definition) is 3. The van der Waals surface area contributed by atoms with Crippen LogP contribution in [0.3, 0.4) is 0 Å². The Balaban J connectivity index is 3.57. The Labute approximate surface area is 81.3 Å². The van der Waals surface area contributed by atoms with Gasteiger partial charge in [-0.1, -0.05) is 13.8 Å². The zero-order valence-corrected chi connectivity index (χ0v) is 9.45. The van der Waals surface area contributed by atoms with Crippen LogP contribution in [0.1, 0.15) is 34.1 Å². The van der Waals surface area contributed by atoms with E-state index in [0.29, 0.717) is 6.54 Å². The van der Waals surface area contributed by atoms with Crippen molar-refractivity contribution in [1.29, 1.82) is 0 Å². The van der Waals surface area contributed by atoms with Gasteiger partial charge in [-0.15, -0.1) is 0 Å². The van der Waals surface area contributed by atoms with Crippen LogP contribution in [0.2, 0.25) is 0 Å². The number of rotatable bonds is 5. The molecule has 0 radical (unpaired) electrons. The molecule has 3 heteroatoms. The summed E-state index contributed by atoms with van der Waals surface area (Å²) in [6.07, 6.45) is 0.944. The summed E-state index contributed by atoms with van der Waals surface area (Å²) in [6.45, 7) is 9.43. The van der Waals surface area contributed by atoms with Crippen molar-refractivity contribution in [1.82, 2.24) is 0 Å². The van der Waals surface area contributed by atoms with Crippen LogP contribution < -0.4 is 5.73 Å². The highest BCUT2D eigenvalue weighted by Crippen LogP contribution is 2.18. The molecule has 0 aliphatic rings. The largest absolute Gasteiger partial charge is 0.374 e. The Morgan fingerprint density at radius 3 is 2.08 bits per heavy atom. The number of ether oxygens (including phenoxy) is 1. The summed E-state index contributed by atoms with van der Waals surface area (Å²) in [5, 5.41) is 0. The topological polar surface area (TPSA) is 35.2 Å². The molecule has 0 atom stereocenters. The van der Waals surface area contributed by atoms with Crippen LogP contribution in [0.15, 0.2) is 0 Å². The molecule has 74 valence electrons. The molecule has 0 rings (SSSR count). The molecule has 2 N–H and O–H groups in total. The SMILES string of the molecule is CC(C)(S)CCOC(C)(C)CN. The molecule has 0 aromatic carbocycles. The van der Waals surface area contributed by atoms with Crippen LogP contribution in [0.4, 0.5) is 0 Å². The van der Waals surface area contributed by atoms with Gasteiger partial charge in [0.15, 0.2) is 0 Å². The van der Waals surface area contributed by atoms with Crippen molar-refractivity contribution in [2.24, 2.45) is 5.73 Å². The Bertz CT molecular complexity index is 129. The van der Waals surface area contributed by atoms with Crippen LogP contribution >= 0.6 is 12.6 Å². The molecule has 0 saturated carbocycles. The monoisotopic (exact) mass is 191 g/mol. The minimum Gasteiger partial charge on any atom is -0.374 e. The molecular weight excluding hydrogens is 170 g/mol. The molecule has 0 spiro atoms. The van der Waals surface area contributed by atoms with Gasteiger partial charge in [0.05, 0.1) is 5.60 Å². The second kappa shape index (κ2) is 4.49. The van der Waals surface area contributed by atoms with Crippen molar-refractivity contribution < 1.29 is 4.74 Å². The van der Waals surface area contributed by atoms with E-state index in [-0.39, 0.29) is 10.3 Å². The lowest BCUT2D eigenvalue weighted by Gasteiger charge is -2.25. The van der Waals surface area contributed by atoms with Gasteiger partial charge < -0.3 is 10.5 Å². The second-order valence-electron chi connectivity index (χ2n) is 4.37. The Hall–Kier alpha value is 0.270. The summed E-state index contributed by atoms with van der Waals surface area (Å²) < 4.78 is 5.63. The smallest absolute Gasteiger partial charge is 0.0748 e. The summed E-state index contributed by atoms with van der Waals surface area (Å²) in [5.74, 6) is 0. The fraction of sp³-hybridized carbons (Fsp3) is 1.00. The fourth-order valence-corrected chi connectivity index (χ4v) is 0.727. The third-order valence-electron chi connectivity index (χ3n) is 1.70. The maximum absolute atomic E-state index is 5.58. The summed E-state index contributed by atoms with van der Waals surface area (Å²) in [6, 6.07) is 0. The van der Waals surface area contributed by atoms with Crippen molar-refractivity contribution in [2.75, 3.05) is 13.2 Å². The predicted molar refractivity (Wildman–Crippen MR) is 56.8 cm³/mol. The Kier molecular flexibility index (Phi) is 4.59. The van der Waals surface area contributed by atoms with Gasteiger partial charge in [-0.05, 0) is 20.3 Å². The average Bonchev–Trinajstić information content (AvgIpc) is 1.84. The molecule has 2 nitrogen and oxygen atoms in total. The first-order chi connectivity index (χ1) is 5.27. The molecule has 0 fully saturated rings. The van der Waals surface area contributed by atoms with E-state index in [0.717, 1.165) is 13.0 Å². The first kappa shape index (κ1) is 12.3. The Morgan fingerprint density at radius 2 is 1.75 bits per heavy atom. The van der Waals surface area contributed by atoms with Gasteiger partial charge in [-0.2, -0.15) is 12.6 Å². The van der Waals surface area contributed by atoms with Crippen LogP contribution in [0, 0.1) is 0 Å². The van der Waals surface area contributed by atoms with Crippen LogP contribution in [-0.2, 0) is 4.74 Å². The van der Waals surface area contributed by atoms with Gasteiger partial charge in [-0.3, -0.25) is 0 Å². The van der Waals surface area contributed by atoms with E-state index in [1.165, 1.54) is 0 Å². The van der Waals surface area contributed by atoms with E-state index in [1.54, 1.807) is 0 Å².